The molecule has 1 fully saturated rings. The van der Waals surface area contributed by atoms with Crippen molar-refractivity contribution < 1.29 is 14.3 Å². The molecule has 0 radical (unpaired) electrons. The van der Waals surface area contributed by atoms with E-state index in [0.29, 0.717) is 43.9 Å². The first-order chi connectivity index (χ1) is 10.1. The molecule has 2 rings (SSSR count). The summed E-state index contributed by atoms with van der Waals surface area (Å²) in [6, 6.07) is 3.46. The van der Waals surface area contributed by atoms with Gasteiger partial charge in [-0.25, -0.2) is 0 Å². The Bertz CT molecular complexity index is 561. The highest BCUT2D eigenvalue weighted by molar-refractivity contribution is 5.92. The van der Waals surface area contributed by atoms with Gasteiger partial charge in [0.2, 0.25) is 5.91 Å². The van der Waals surface area contributed by atoms with Crippen LogP contribution in [-0.4, -0.2) is 55.0 Å². The average molecular weight is 290 g/mol. The predicted molar refractivity (Wildman–Crippen MR) is 74.4 cm³/mol. The number of hydrogen-bond acceptors (Lipinski definition) is 4. The number of carbonyl (C=O) groups is 2. The lowest BCUT2D eigenvalue weighted by molar-refractivity contribution is -0.128. The number of H-pyrrole nitrogens is 1. The van der Waals surface area contributed by atoms with E-state index in [2.05, 4.69) is 10.3 Å². The molecule has 1 unspecified atom stereocenters. The number of nitriles is 1. The van der Waals surface area contributed by atoms with E-state index in [1.807, 2.05) is 6.07 Å². The fourth-order valence-corrected chi connectivity index (χ4v) is 2.33. The number of hydrogen-bond donors (Lipinski definition) is 2. The van der Waals surface area contributed by atoms with E-state index in [1.54, 1.807) is 12.0 Å². The summed E-state index contributed by atoms with van der Waals surface area (Å²) in [6.07, 6.45) is 1.93. The molecular weight excluding hydrogens is 272 g/mol. The summed E-state index contributed by atoms with van der Waals surface area (Å²) < 4.78 is 4.96. The zero-order valence-corrected chi connectivity index (χ0v) is 11.9. The average Bonchev–Trinajstić information content (AvgIpc) is 3.09. The summed E-state index contributed by atoms with van der Waals surface area (Å²) in [5.74, 6) is -0.0547. The van der Waals surface area contributed by atoms with Gasteiger partial charge in [0.15, 0.2) is 0 Å². The maximum absolute atomic E-state index is 11.9. The maximum atomic E-state index is 11.9. The fraction of sp³-hybridized carbons (Fsp3) is 0.500. The molecule has 7 heteroatoms. The minimum absolute atomic E-state index is 0.0953. The summed E-state index contributed by atoms with van der Waals surface area (Å²) >= 11 is 0. The first kappa shape index (κ1) is 15.1. The Hall–Kier alpha value is -2.33. The molecule has 112 valence electrons. The fourth-order valence-electron chi connectivity index (χ4n) is 2.33. The molecule has 2 N–H and O–H groups in total. The summed E-state index contributed by atoms with van der Waals surface area (Å²) in [4.78, 5) is 28.2. The van der Waals surface area contributed by atoms with Gasteiger partial charge in [-0.3, -0.25) is 9.59 Å². The number of aromatic amines is 1. The van der Waals surface area contributed by atoms with Gasteiger partial charge in [-0.2, -0.15) is 5.26 Å². The van der Waals surface area contributed by atoms with Gasteiger partial charge in [0.1, 0.15) is 11.8 Å². The Morgan fingerprint density at radius 1 is 1.67 bits per heavy atom. The van der Waals surface area contributed by atoms with E-state index >= 15 is 0 Å². The van der Waals surface area contributed by atoms with Gasteiger partial charge in [-0.05, 0) is 6.07 Å². The standard InChI is InChI=1S/C14H18N4O3/c1-21-3-2-18-9-11(5-13(18)19)8-17-14(20)12-4-10(6-15)7-16-12/h4,7,11,16H,2-3,5,8-9H2,1H3,(H,17,20). The van der Waals surface area contributed by atoms with Crippen LogP contribution in [0.1, 0.15) is 22.5 Å². The number of rotatable bonds is 6. The summed E-state index contributed by atoms with van der Waals surface area (Å²) in [5, 5.41) is 11.5. The maximum Gasteiger partial charge on any atom is 0.267 e. The number of carbonyl (C=O) groups excluding carboxylic acids is 2. The molecule has 0 bridgehead atoms. The molecule has 7 nitrogen and oxygen atoms in total. The van der Waals surface area contributed by atoms with E-state index in [4.69, 9.17) is 10.00 Å². The molecule has 0 aromatic carbocycles. The number of aromatic nitrogens is 1. The summed E-state index contributed by atoms with van der Waals surface area (Å²) in [5.41, 5.74) is 0.772. The third kappa shape index (κ3) is 3.83. The molecule has 1 aliphatic heterocycles. The highest BCUT2D eigenvalue weighted by Gasteiger charge is 2.29. The SMILES string of the molecule is COCCN1CC(CNC(=O)c2cc(C#N)c[nH]2)CC1=O. The van der Waals surface area contributed by atoms with Crippen molar-refractivity contribution in [3.05, 3.63) is 23.5 Å². The lowest BCUT2D eigenvalue weighted by atomic mass is 10.1. The lowest BCUT2D eigenvalue weighted by Gasteiger charge is -2.16. The summed E-state index contributed by atoms with van der Waals surface area (Å²) in [7, 11) is 1.60. The van der Waals surface area contributed by atoms with Crippen LogP contribution in [0.5, 0.6) is 0 Å². The minimum Gasteiger partial charge on any atom is -0.383 e. The molecule has 2 amide bonds. The number of nitrogens with one attached hydrogen (secondary N) is 2. The van der Waals surface area contributed by atoms with Crippen molar-refractivity contribution in [2.45, 2.75) is 6.42 Å². The van der Waals surface area contributed by atoms with Crippen molar-refractivity contribution in [3.8, 4) is 6.07 Å². The van der Waals surface area contributed by atoms with Gasteiger partial charge in [0, 0.05) is 45.3 Å². The number of amides is 2. The van der Waals surface area contributed by atoms with E-state index in [1.165, 1.54) is 12.3 Å². The zero-order valence-electron chi connectivity index (χ0n) is 11.9. The van der Waals surface area contributed by atoms with E-state index in [-0.39, 0.29) is 17.7 Å². The molecule has 21 heavy (non-hydrogen) atoms. The molecule has 1 aliphatic rings. The number of nitrogens with zero attached hydrogens (tertiary/aromatic N) is 2. The number of likely N-dealkylation sites (tertiary alicyclic amines) is 1. The van der Waals surface area contributed by atoms with Crippen LogP contribution in [0.25, 0.3) is 0 Å². The zero-order chi connectivity index (χ0) is 15.2. The Kier molecular flexibility index (Phi) is 4.95. The molecule has 2 heterocycles. The van der Waals surface area contributed by atoms with Crippen molar-refractivity contribution in [2.24, 2.45) is 5.92 Å². The lowest BCUT2D eigenvalue weighted by Crippen LogP contribution is -2.32. The van der Waals surface area contributed by atoms with Crippen molar-refractivity contribution in [3.63, 3.8) is 0 Å². The first-order valence-corrected chi connectivity index (χ1v) is 6.77. The van der Waals surface area contributed by atoms with Crippen molar-refractivity contribution in [2.75, 3.05) is 33.4 Å². The topological polar surface area (TPSA) is 98.2 Å². The smallest absolute Gasteiger partial charge is 0.267 e. The van der Waals surface area contributed by atoms with E-state index in [0.717, 1.165) is 0 Å². The van der Waals surface area contributed by atoms with Crippen molar-refractivity contribution >= 4 is 11.8 Å². The second-order valence-electron chi connectivity index (χ2n) is 5.03. The quantitative estimate of drug-likeness (QED) is 0.777. The number of ether oxygens (including phenoxy) is 1. The molecule has 1 saturated heterocycles. The van der Waals surface area contributed by atoms with Gasteiger partial charge < -0.3 is 19.9 Å². The van der Waals surface area contributed by atoms with Gasteiger partial charge in [-0.1, -0.05) is 0 Å². The van der Waals surface area contributed by atoms with E-state index in [9.17, 15) is 9.59 Å². The van der Waals surface area contributed by atoms with Crippen molar-refractivity contribution in [1.29, 1.82) is 5.26 Å². The Balaban J connectivity index is 1.80. The third-order valence-electron chi connectivity index (χ3n) is 3.47. The highest BCUT2D eigenvalue weighted by atomic mass is 16.5. The molecule has 1 aromatic heterocycles. The molecule has 1 aromatic rings. The molecule has 0 aliphatic carbocycles. The van der Waals surface area contributed by atoms with Gasteiger partial charge in [-0.15, -0.1) is 0 Å². The first-order valence-electron chi connectivity index (χ1n) is 6.77. The van der Waals surface area contributed by atoms with Gasteiger partial charge in [0.05, 0.1) is 12.2 Å². The van der Waals surface area contributed by atoms with Crippen LogP contribution in [0.15, 0.2) is 12.3 Å². The normalized spacial score (nSPS) is 17.8. The Labute approximate surface area is 122 Å². The van der Waals surface area contributed by atoms with Crippen LogP contribution in [-0.2, 0) is 9.53 Å². The van der Waals surface area contributed by atoms with Gasteiger partial charge >= 0.3 is 0 Å². The van der Waals surface area contributed by atoms with Crippen LogP contribution in [0, 0.1) is 17.2 Å². The Morgan fingerprint density at radius 3 is 3.14 bits per heavy atom. The minimum atomic E-state index is -0.265. The predicted octanol–water partition coefficient (Wildman–Crippen LogP) is 0.111. The van der Waals surface area contributed by atoms with Crippen LogP contribution < -0.4 is 5.32 Å². The summed E-state index contributed by atoms with van der Waals surface area (Å²) in [6.45, 7) is 2.18. The molecule has 1 atom stereocenters. The van der Waals surface area contributed by atoms with Crippen LogP contribution in [0.4, 0.5) is 0 Å². The molecule has 0 saturated carbocycles. The van der Waals surface area contributed by atoms with Crippen LogP contribution >= 0.6 is 0 Å². The second-order valence-corrected chi connectivity index (χ2v) is 5.03. The monoisotopic (exact) mass is 290 g/mol. The Morgan fingerprint density at radius 2 is 2.48 bits per heavy atom. The highest BCUT2D eigenvalue weighted by Crippen LogP contribution is 2.16. The van der Waals surface area contributed by atoms with Crippen LogP contribution in [0.3, 0.4) is 0 Å². The molecule has 0 spiro atoms. The van der Waals surface area contributed by atoms with Gasteiger partial charge in [0.25, 0.3) is 5.91 Å². The third-order valence-corrected chi connectivity index (χ3v) is 3.47. The second kappa shape index (κ2) is 6.90. The number of methoxy groups -OCH3 is 1. The largest absolute Gasteiger partial charge is 0.383 e. The van der Waals surface area contributed by atoms with E-state index < -0.39 is 0 Å². The molecular formula is C14H18N4O3. The van der Waals surface area contributed by atoms with Crippen molar-refractivity contribution in [1.82, 2.24) is 15.2 Å². The van der Waals surface area contributed by atoms with Crippen LogP contribution in [0.2, 0.25) is 0 Å².